The summed E-state index contributed by atoms with van der Waals surface area (Å²) in [4.78, 5) is 15.6. The van der Waals surface area contributed by atoms with Gasteiger partial charge in [0.15, 0.2) is 0 Å². The Morgan fingerprint density at radius 3 is 2.47 bits per heavy atom. The molecule has 0 bridgehead atoms. The molecule has 102 valence electrons. The third-order valence-electron chi connectivity index (χ3n) is 3.31. The quantitative estimate of drug-likeness (QED) is 0.788. The van der Waals surface area contributed by atoms with Crippen molar-refractivity contribution in [1.82, 2.24) is 9.80 Å². The summed E-state index contributed by atoms with van der Waals surface area (Å²) < 4.78 is 0. The average Bonchev–Trinajstić information content (AvgIpc) is 2.48. The van der Waals surface area contributed by atoms with Crippen LogP contribution in [0.25, 0.3) is 6.08 Å². The molecule has 0 aromatic heterocycles. The summed E-state index contributed by atoms with van der Waals surface area (Å²) in [5.41, 5.74) is 1.22. The van der Waals surface area contributed by atoms with E-state index in [4.69, 9.17) is 11.6 Å². The molecule has 4 heteroatoms. The van der Waals surface area contributed by atoms with Crippen LogP contribution in [0.1, 0.15) is 5.56 Å². The van der Waals surface area contributed by atoms with Crippen LogP contribution in [0.2, 0.25) is 0 Å². The van der Waals surface area contributed by atoms with Gasteiger partial charge in [0.1, 0.15) is 5.88 Å². The third kappa shape index (κ3) is 4.37. The first-order valence-corrected chi connectivity index (χ1v) is 7.11. The van der Waals surface area contributed by atoms with Crippen molar-refractivity contribution in [2.45, 2.75) is 0 Å². The number of benzene rings is 1. The van der Waals surface area contributed by atoms with Crippen LogP contribution < -0.4 is 0 Å². The second-order valence-electron chi connectivity index (χ2n) is 4.63. The lowest BCUT2D eigenvalue weighted by atomic mass is 10.2. The van der Waals surface area contributed by atoms with E-state index < -0.39 is 0 Å². The van der Waals surface area contributed by atoms with E-state index in [1.807, 2.05) is 23.1 Å². The zero-order valence-electron chi connectivity index (χ0n) is 11.0. The van der Waals surface area contributed by atoms with E-state index in [0.717, 1.165) is 32.7 Å². The summed E-state index contributed by atoms with van der Waals surface area (Å²) in [7, 11) is 0. The Kier molecular flexibility index (Phi) is 5.43. The van der Waals surface area contributed by atoms with Gasteiger partial charge in [0.05, 0.1) is 0 Å². The van der Waals surface area contributed by atoms with Crippen molar-refractivity contribution in [2.24, 2.45) is 0 Å². The van der Waals surface area contributed by atoms with Crippen molar-refractivity contribution >= 4 is 23.6 Å². The molecule has 0 unspecified atom stereocenters. The van der Waals surface area contributed by atoms with Gasteiger partial charge in [-0.1, -0.05) is 42.5 Å². The molecule has 1 amide bonds. The van der Waals surface area contributed by atoms with Crippen molar-refractivity contribution in [3.63, 3.8) is 0 Å². The molecule has 0 aliphatic carbocycles. The van der Waals surface area contributed by atoms with Crippen LogP contribution in [-0.2, 0) is 4.79 Å². The average molecular weight is 279 g/mol. The Balaban J connectivity index is 1.74. The van der Waals surface area contributed by atoms with Crippen molar-refractivity contribution in [2.75, 3.05) is 38.6 Å². The first-order chi connectivity index (χ1) is 9.29. The van der Waals surface area contributed by atoms with Crippen LogP contribution in [0, 0.1) is 0 Å². The number of piperazine rings is 1. The number of carbonyl (C=O) groups is 1. The smallest absolute Gasteiger partial charge is 0.237 e. The number of rotatable bonds is 4. The molecule has 1 aliphatic rings. The molecule has 1 aromatic carbocycles. The van der Waals surface area contributed by atoms with Crippen molar-refractivity contribution in [1.29, 1.82) is 0 Å². The Hall–Kier alpha value is -1.32. The van der Waals surface area contributed by atoms with Gasteiger partial charge in [0.25, 0.3) is 0 Å². The molecule has 1 aromatic rings. The number of carbonyl (C=O) groups excluding carboxylic acids is 1. The second kappa shape index (κ2) is 7.31. The highest BCUT2D eigenvalue weighted by atomic mass is 35.5. The SMILES string of the molecule is O=C(CCl)N1CCN(C/C=C/c2ccccc2)CC1. The lowest BCUT2D eigenvalue weighted by molar-refractivity contribution is -0.130. The topological polar surface area (TPSA) is 23.6 Å². The Labute approximate surface area is 119 Å². The lowest BCUT2D eigenvalue weighted by Gasteiger charge is -2.33. The second-order valence-corrected chi connectivity index (χ2v) is 4.90. The molecular formula is C15H19ClN2O. The predicted octanol–water partition coefficient (Wildman–Crippen LogP) is 2.08. The molecule has 1 heterocycles. The predicted molar refractivity (Wildman–Crippen MR) is 79.2 cm³/mol. The van der Waals surface area contributed by atoms with Gasteiger partial charge in [-0.15, -0.1) is 11.6 Å². The number of hydrogen-bond donors (Lipinski definition) is 0. The van der Waals surface area contributed by atoms with Crippen LogP contribution >= 0.6 is 11.6 Å². The largest absolute Gasteiger partial charge is 0.339 e. The van der Waals surface area contributed by atoms with Crippen LogP contribution in [0.3, 0.4) is 0 Å². The van der Waals surface area contributed by atoms with Gasteiger partial charge < -0.3 is 4.90 Å². The van der Waals surface area contributed by atoms with Crippen molar-refractivity contribution in [3.8, 4) is 0 Å². The molecule has 1 fully saturated rings. The maximum Gasteiger partial charge on any atom is 0.237 e. The highest BCUT2D eigenvalue weighted by Crippen LogP contribution is 2.05. The highest BCUT2D eigenvalue weighted by molar-refractivity contribution is 6.27. The first-order valence-electron chi connectivity index (χ1n) is 6.57. The zero-order valence-corrected chi connectivity index (χ0v) is 11.7. The molecule has 0 atom stereocenters. The number of halogens is 1. The Bertz CT molecular complexity index is 425. The van der Waals surface area contributed by atoms with E-state index in [9.17, 15) is 4.79 Å². The van der Waals surface area contributed by atoms with Gasteiger partial charge >= 0.3 is 0 Å². The van der Waals surface area contributed by atoms with E-state index >= 15 is 0 Å². The molecule has 0 spiro atoms. The summed E-state index contributed by atoms with van der Waals surface area (Å²) >= 11 is 5.56. The molecule has 19 heavy (non-hydrogen) atoms. The summed E-state index contributed by atoms with van der Waals surface area (Å²) in [5.74, 6) is 0.134. The summed E-state index contributed by atoms with van der Waals surface area (Å²) in [5, 5.41) is 0. The minimum Gasteiger partial charge on any atom is -0.339 e. The molecule has 0 N–H and O–H groups in total. The summed E-state index contributed by atoms with van der Waals surface area (Å²) in [6.07, 6.45) is 4.31. The normalized spacial score (nSPS) is 17.0. The maximum absolute atomic E-state index is 11.4. The summed E-state index contributed by atoms with van der Waals surface area (Å²) in [6.45, 7) is 4.33. The lowest BCUT2D eigenvalue weighted by Crippen LogP contribution is -2.49. The van der Waals surface area contributed by atoms with Gasteiger partial charge in [0.2, 0.25) is 5.91 Å². The minimum atomic E-state index is 0.0427. The van der Waals surface area contributed by atoms with E-state index in [0.29, 0.717) is 0 Å². The molecule has 1 aliphatic heterocycles. The van der Waals surface area contributed by atoms with Crippen LogP contribution in [0.15, 0.2) is 36.4 Å². The van der Waals surface area contributed by atoms with Gasteiger partial charge in [-0.25, -0.2) is 0 Å². The zero-order chi connectivity index (χ0) is 13.5. The van der Waals surface area contributed by atoms with Gasteiger partial charge in [-0.3, -0.25) is 9.69 Å². The molecule has 0 saturated carbocycles. The standard InChI is InChI=1S/C15H19ClN2O/c16-13-15(19)18-11-9-17(10-12-18)8-4-7-14-5-2-1-3-6-14/h1-7H,8-13H2/b7-4+. The fraction of sp³-hybridized carbons (Fsp3) is 0.400. The third-order valence-corrected chi connectivity index (χ3v) is 3.54. The Morgan fingerprint density at radius 2 is 1.84 bits per heavy atom. The minimum absolute atomic E-state index is 0.0427. The van der Waals surface area contributed by atoms with E-state index in [-0.39, 0.29) is 11.8 Å². The van der Waals surface area contributed by atoms with Crippen LogP contribution in [0.5, 0.6) is 0 Å². The van der Waals surface area contributed by atoms with Crippen molar-refractivity contribution < 1.29 is 4.79 Å². The Morgan fingerprint density at radius 1 is 1.16 bits per heavy atom. The van der Waals surface area contributed by atoms with E-state index in [1.54, 1.807) is 0 Å². The van der Waals surface area contributed by atoms with E-state index in [1.165, 1.54) is 5.56 Å². The fourth-order valence-corrected chi connectivity index (χ4v) is 2.34. The monoisotopic (exact) mass is 278 g/mol. The molecule has 2 rings (SSSR count). The fourth-order valence-electron chi connectivity index (χ4n) is 2.17. The van der Waals surface area contributed by atoms with Gasteiger partial charge in [-0.05, 0) is 5.56 Å². The highest BCUT2D eigenvalue weighted by Gasteiger charge is 2.19. The number of hydrogen-bond acceptors (Lipinski definition) is 2. The van der Waals surface area contributed by atoms with Gasteiger partial charge in [0, 0.05) is 32.7 Å². The van der Waals surface area contributed by atoms with Gasteiger partial charge in [-0.2, -0.15) is 0 Å². The molecular weight excluding hydrogens is 260 g/mol. The van der Waals surface area contributed by atoms with Crippen molar-refractivity contribution in [3.05, 3.63) is 42.0 Å². The molecule has 3 nitrogen and oxygen atoms in total. The maximum atomic E-state index is 11.4. The molecule has 1 saturated heterocycles. The van der Waals surface area contributed by atoms with E-state index in [2.05, 4.69) is 29.2 Å². The number of amides is 1. The molecule has 0 radical (unpaired) electrons. The number of alkyl halides is 1. The van der Waals surface area contributed by atoms with Crippen LogP contribution in [0.4, 0.5) is 0 Å². The van der Waals surface area contributed by atoms with Crippen LogP contribution in [-0.4, -0.2) is 54.3 Å². The number of nitrogens with zero attached hydrogens (tertiary/aromatic N) is 2. The first kappa shape index (κ1) is 14.1. The summed E-state index contributed by atoms with van der Waals surface area (Å²) in [6, 6.07) is 10.3.